The zero-order valence-corrected chi connectivity index (χ0v) is 27.3. The molecule has 50 heavy (non-hydrogen) atoms. The number of carbonyl (C=O) groups is 4. The standard InChI is InChI=1S/C34H35F3N6O7/c1-21(23-7-9-38-27(19-23)29(44)41-11-15-48-16-12-41)33(22(2)24-8-10-39-28(20-24)30(45)42-13-17-49-18-14-42)31(46)43(32(47)40-33)25-3-5-26(6-4-25)50-34(35,36)37/h3-10,19-22H,11-18H2,1-2H3,(H,40,47). The Kier molecular flexibility index (Phi) is 9.75. The van der Waals surface area contributed by atoms with Crippen LogP contribution in [0, 0.1) is 0 Å². The number of amides is 5. The van der Waals surface area contributed by atoms with Gasteiger partial charge in [0.05, 0.1) is 32.1 Å². The first-order valence-corrected chi connectivity index (χ1v) is 16.1. The summed E-state index contributed by atoms with van der Waals surface area (Å²) in [6.07, 6.45) is -2.01. The number of alkyl halides is 3. The van der Waals surface area contributed by atoms with Gasteiger partial charge in [-0.1, -0.05) is 13.8 Å². The summed E-state index contributed by atoms with van der Waals surface area (Å²) in [5.41, 5.74) is -0.359. The van der Waals surface area contributed by atoms with E-state index in [9.17, 15) is 32.3 Å². The molecule has 5 amide bonds. The van der Waals surface area contributed by atoms with Crippen molar-refractivity contribution in [1.82, 2.24) is 25.1 Å². The molecule has 6 rings (SSSR count). The van der Waals surface area contributed by atoms with E-state index in [0.717, 1.165) is 17.0 Å². The molecule has 2 unspecified atom stereocenters. The maximum Gasteiger partial charge on any atom is 0.573 e. The SMILES string of the molecule is CC(c1ccnc(C(=O)N2CCOCC2)c1)C1(C(C)c2ccnc(C(=O)N3CCOCC3)c2)NC(=O)N(c2ccc(OC(F)(F)F)cc2)C1=O. The van der Waals surface area contributed by atoms with Gasteiger partial charge in [0.25, 0.3) is 17.7 Å². The molecule has 0 bridgehead atoms. The Labute approximate surface area is 285 Å². The fourth-order valence-corrected chi connectivity index (χ4v) is 6.61. The second kappa shape index (κ2) is 14.0. The Balaban J connectivity index is 1.39. The van der Waals surface area contributed by atoms with Gasteiger partial charge in [-0.05, 0) is 59.7 Å². The number of nitrogens with zero attached hydrogens (tertiary/aromatic N) is 5. The van der Waals surface area contributed by atoms with E-state index in [1.165, 1.54) is 24.5 Å². The molecule has 264 valence electrons. The second-order valence-electron chi connectivity index (χ2n) is 12.2. The van der Waals surface area contributed by atoms with Gasteiger partial charge < -0.3 is 29.3 Å². The number of anilines is 1. The molecule has 13 nitrogen and oxygen atoms in total. The highest BCUT2D eigenvalue weighted by molar-refractivity contribution is 6.24. The number of pyridine rings is 2. The molecule has 2 atom stereocenters. The van der Waals surface area contributed by atoms with Crippen LogP contribution in [-0.2, 0) is 14.3 Å². The van der Waals surface area contributed by atoms with E-state index >= 15 is 0 Å². The normalized spacial score (nSPS) is 21.1. The summed E-state index contributed by atoms with van der Waals surface area (Å²) in [6, 6.07) is 10.0. The largest absolute Gasteiger partial charge is 0.573 e. The van der Waals surface area contributed by atoms with Gasteiger partial charge in [-0.2, -0.15) is 0 Å². The number of halogens is 3. The highest BCUT2D eigenvalue weighted by Gasteiger charge is 2.59. The molecule has 5 heterocycles. The fraction of sp³-hybridized carbons (Fsp3) is 0.412. The van der Waals surface area contributed by atoms with Crippen LogP contribution < -0.4 is 15.0 Å². The first-order chi connectivity index (χ1) is 23.9. The van der Waals surface area contributed by atoms with Gasteiger partial charge in [0.15, 0.2) is 0 Å². The van der Waals surface area contributed by atoms with Crippen molar-refractivity contribution in [3.63, 3.8) is 0 Å². The first-order valence-electron chi connectivity index (χ1n) is 16.1. The van der Waals surface area contributed by atoms with E-state index in [4.69, 9.17) is 9.47 Å². The molecular formula is C34H35F3N6O7. The van der Waals surface area contributed by atoms with Crippen molar-refractivity contribution in [2.45, 2.75) is 37.6 Å². The number of nitrogens with one attached hydrogen (secondary N) is 1. The van der Waals surface area contributed by atoms with Crippen molar-refractivity contribution in [2.24, 2.45) is 0 Å². The minimum absolute atomic E-state index is 0.0131. The predicted octanol–water partition coefficient (Wildman–Crippen LogP) is 3.72. The van der Waals surface area contributed by atoms with Crippen LogP contribution in [0.3, 0.4) is 0 Å². The summed E-state index contributed by atoms with van der Waals surface area (Å²) < 4.78 is 53.1. The monoisotopic (exact) mass is 696 g/mol. The summed E-state index contributed by atoms with van der Waals surface area (Å²) in [6.45, 7) is 6.62. The number of aromatic nitrogens is 2. The van der Waals surface area contributed by atoms with Crippen LogP contribution in [-0.4, -0.2) is 108 Å². The van der Waals surface area contributed by atoms with E-state index in [1.54, 1.807) is 47.9 Å². The molecule has 3 aromatic rings. The molecule has 3 aliphatic heterocycles. The molecule has 3 saturated heterocycles. The molecule has 1 N–H and O–H groups in total. The third-order valence-electron chi connectivity index (χ3n) is 9.37. The summed E-state index contributed by atoms with van der Waals surface area (Å²) in [4.78, 5) is 67.9. The van der Waals surface area contributed by atoms with Gasteiger partial charge in [0.2, 0.25) is 0 Å². The van der Waals surface area contributed by atoms with Gasteiger partial charge in [-0.15, -0.1) is 13.2 Å². The molecule has 3 aliphatic rings. The Morgan fingerprint density at radius 3 is 1.70 bits per heavy atom. The van der Waals surface area contributed by atoms with Gasteiger partial charge in [0, 0.05) is 50.4 Å². The summed E-state index contributed by atoms with van der Waals surface area (Å²) in [5, 5.41) is 2.90. The minimum Gasteiger partial charge on any atom is -0.406 e. The second-order valence-corrected chi connectivity index (χ2v) is 12.2. The third-order valence-corrected chi connectivity index (χ3v) is 9.37. The van der Waals surface area contributed by atoms with Gasteiger partial charge in [-0.3, -0.25) is 24.4 Å². The Hall–Kier alpha value is -5.09. The van der Waals surface area contributed by atoms with E-state index in [-0.39, 0.29) is 28.9 Å². The van der Waals surface area contributed by atoms with Crippen molar-refractivity contribution in [3.8, 4) is 5.75 Å². The van der Waals surface area contributed by atoms with Crippen LogP contribution in [0.2, 0.25) is 0 Å². The number of hydrogen-bond donors (Lipinski definition) is 1. The number of urea groups is 1. The lowest BCUT2D eigenvalue weighted by Gasteiger charge is -2.39. The van der Waals surface area contributed by atoms with Crippen molar-refractivity contribution < 1.29 is 46.6 Å². The molecule has 0 radical (unpaired) electrons. The van der Waals surface area contributed by atoms with Crippen molar-refractivity contribution in [2.75, 3.05) is 57.5 Å². The third kappa shape index (κ3) is 6.85. The van der Waals surface area contributed by atoms with Gasteiger partial charge >= 0.3 is 12.4 Å². The highest BCUT2D eigenvalue weighted by Crippen LogP contribution is 2.45. The van der Waals surface area contributed by atoms with E-state index in [2.05, 4.69) is 20.0 Å². The fourth-order valence-electron chi connectivity index (χ4n) is 6.61. The number of ether oxygens (including phenoxy) is 3. The number of benzene rings is 1. The van der Waals surface area contributed by atoms with E-state index < -0.39 is 41.4 Å². The van der Waals surface area contributed by atoms with Gasteiger partial charge in [0.1, 0.15) is 22.7 Å². The zero-order valence-electron chi connectivity index (χ0n) is 27.3. The smallest absolute Gasteiger partial charge is 0.406 e. The van der Waals surface area contributed by atoms with Crippen LogP contribution in [0.1, 0.15) is 57.8 Å². The summed E-state index contributed by atoms with van der Waals surface area (Å²) in [7, 11) is 0. The average molecular weight is 697 g/mol. The van der Waals surface area contributed by atoms with Crippen LogP contribution >= 0.6 is 0 Å². The zero-order chi connectivity index (χ0) is 35.6. The molecule has 0 saturated carbocycles. The number of rotatable bonds is 8. The Morgan fingerprint density at radius 2 is 1.26 bits per heavy atom. The van der Waals surface area contributed by atoms with Crippen LogP contribution in [0.15, 0.2) is 60.9 Å². The highest BCUT2D eigenvalue weighted by atomic mass is 19.4. The van der Waals surface area contributed by atoms with Crippen molar-refractivity contribution in [3.05, 3.63) is 83.4 Å². The lowest BCUT2D eigenvalue weighted by Crippen LogP contribution is -2.55. The number of hydrogen-bond acceptors (Lipinski definition) is 9. The lowest BCUT2D eigenvalue weighted by molar-refractivity contribution is -0.274. The van der Waals surface area contributed by atoms with Crippen LogP contribution in [0.4, 0.5) is 23.7 Å². The molecule has 0 aliphatic carbocycles. The molecule has 3 fully saturated rings. The topological polar surface area (TPSA) is 144 Å². The lowest BCUT2D eigenvalue weighted by atomic mass is 9.69. The predicted molar refractivity (Wildman–Crippen MR) is 171 cm³/mol. The number of imide groups is 1. The average Bonchev–Trinajstić information content (AvgIpc) is 3.40. The molecule has 1 aromatic carbocycles. The molecule has 16 heteroatoms. The van der Waals surface area contributed by atoms with Crippen molar-refractivity contribution in [1.29, 1.82) is 0 Å². The van der Waals surface area contributed by atoms with Crippen molar-refractivity contribution >= 4 is 29.4 Å². The maximum atomic E-state index is 14.7. The number of carbonyl (C=O) groups excluding carboxylic acids is 4. The maximum absolute atomic E-state index is 14.7. The van der Waals surface area contributed by atoms with Crippen LogP contribution in [0.5, 0.6) is 5.75 Å². The molecular weight excluding hydrogens is 661 g/mol. The van der Waals surface area contributed by atoms with Gasteiger partial charge in [-0.25, -0.2) is 9.69 Å². The minimum atomic E-state index is -4.93. The van der Waals surface area contributed by atoms with E-state index in [1.807, 2.05) is 0 Å². The van der Waals surface area contributed by atoms with Crippen LogP contribution in [0.25, 0.3) is 0 Å². The number of morpholine rings is 2. The summed E-state index contributed by atoms with van der Waals surface area (Å²) >= 11 is 0. The summed E-state index contributed by atoms with van der Waals surface area (Å²) in [5.74, 6) is -3.42. The quantitative estimate of drug-likeness (QED) is 0.349. The first kappa shape index (κ1) is 34.8. The molecule has 0 spiro atoms. The molecule has 2 aromatic heterocycles. The Morgan fingerprint density at radius 1 is 0.800 bits per heavy atom. The Bertz CT molecular complexity index is 1680. The van der Waals surface area contributed by atoms with E-state index in [0.29, 0.717) is 63.7 Å².